The minimum absolute atomic E-state index is 0.176. The number of rotatable bonds is 2. The van der Waals surface area contributed by atoms with E-state index in [2.05, 4.69) is 5.43 Å². The van der Waals surface area contributed by atoms with E-state index in [1.807, 2.05) is 20.8 Å². The average Bonchev–Trinajstić information content (AvgIpc) is 2.91. The largest absolute Gasteiger partial charge is 0.442 e. The number of Topliss-reactive ketones (excluding diaryl/α,β-unsaturated/α-hetero) is 1. The first kappa shape index (κ1) is 22.2. The predicted octanol–water partition coefficient (Wildman–Crippen LogP) is 4.38. The molecule has 0 spiro atoms. The second-order valence-corrected chi connectivity index (χ2v) is 9.93. The molecular weight excluding hydrogens is 394 g/mol. The normalized spacial score (nSPS) is 27.1. The fourth-order valence-corrected chi connectivity index (χ4v) is 4.74. The van der Waals surface area contributed by atoms with Crippen LogP contribution in [0, 0.1) is 34.3 Å². The van der Waals surface area contributed by atoms with Gasteiger partial charge in [0.25, 0.3) is 0 Å². The Hall–Kier alpha value is -2.51. The van der Waals surface area contributed by atoms with Crippen LogP contribution in [0.4, 0.5) is 19.3 Å². The van der Waals surface area contributed by atoms with Gasteiger partial charge in [0.1, 0.15) is 23.0 Å². The Labute approximate surface area is 174 Å². The number of nitrogens with one attached hydrogen (secondary N) is 1. The highest BCUT2D eigenvalue weighted by Gasteiger charge is 2.68. The van der Waals surface area contributed by atoms with Gasteiger partial charge in [-0.1, -0.05) is 20.8 Å². The first-order valence-corrected chi connectivity index (χ1v) is 10.0. The Morgan fingerprint density at radius 3 is 2.33 bits per heavy atom. The summed E-state index contributed by atoms with van der Waals surface area (Å²) >= 11 is 0. The molecule has 0 radical (unpaired) electrons. The predicted molar refractivity (Wildman–Crippen MR) is 106 cm³/mol. The van der Waals surface area contributed by atoms with Crippen LogP contribution in [0.25, 0.3) is 0 Å². The lowest BCUT2D eigenvalue weighted by Crippen LogP contribution is -2.53. The molecule has 0 aromatic heterocycles. The minimum atomic E-state index is -1.05. The van der Waals surface area contributed by atoms with Crippen molar-refractivity contribution in [1.82, 2.24) is 5.43 Å². The molecule has 2 aliphatic rings. The SMILES string of the molecule is CC(C)(C)OC(=O)N(NC(=O)C1C(=O)[C@@]2(C)CC[C@@H]1C2(C)C)c1ccc(F)cc1F. The third-order valence-electron chi connectivity index (χ3n) is 6.76. The van der Waals surface area contributed by atoms with E-state index in [9.17, 15) is 23.2 Å². The number of fused-ring (bicyclic) bond motifs is 2. The molecule has 1 aromatic carbocycles. The maximum Gasteiger partial charge on any atom is 0.434 e. The van der Waals surface area contributed by atoms with E-state index in [4.69, 9.17) is 4.74 Å². The molecule has 2 bridgehead atoms. The van der Waals surface area contributed by atoms with Crippen LogP contribution in [0.1, 0.15) is 54.4 Å². The van der Waals surface area contributed by atoms with Crippen molar-refractivity contribution in [2.75, 3.05) is 5.01 Å². The molecule has 0 aliphatic heterocycles. The van der Waals surface area contributed by atoms with Gasteiger partial charge in [-0.15, -0.1) is 0 Å². The molecule has 2 fully saturated rings. The second kappa shape index (κ2) is 7.03. The van der Waals surface area contributed by atoms with Crippen LogP contribution in [-0.4, -0.2) is 23.4 Å². The number of anilines is 1. The molecule has 6 nitrogen and oxygen atoms in total. The van der Waals surface area contributed by atoms with Crippen LogP contribution in [0.2, 0.25) is 0 Å². The zero-order valence-electron chi connectivity index (χ0n) is 18.1. The van der Waals surface area contributed by atoms with E-state index < -0.39 is 40.6 Å². The number of nitrogens with zero attached hydrogens (tertiary/aromatic N) is 1. The number of benzene rings is 1. The van der Waals surface area contributed by atoms with Crippen LogP contribution in [-0.2, 0) is 14.3 Å². The topological polar surface area (TPSA) is 75.7 Å². The summed E-state index contributed by atoms with van der Waals surface area (Å²) in [4.78, 5) is 38.9. The molecule has 3 atom stereocenters. The van der Waals surface area contributed by atoms with E-state index in [0.717, 1.165) is 12.1 Å². The fourth-order valence-electron chi connectivity index (χ4n) is 4.74. The molecular formula is C22H28F2N2O4. The third-order valence-corrected chi connectivity index (χ3v) is 6.76. The summed E-state index contributed by atoms with van der Waals surface area (Å²) in [5.74, 6) is -3.89. The molecule has 1 aromatic rings. The van der Waals surface area contributed by atoms with Crippen molar-refractivity contribution < 1.29 is 27.9 Å². The number of carbonyl (C=O) groups is 3. The summed E-state index contributed by atoms with van der Waals surface area (Å²) in [7, 11) is 0. The molecule has 0 saturated heterocycles. The number of carbonyl (C=O) groups excluding carboxylic acids is 3. The molecule has 2 amide bonds. The highest BCUT2D eigenvalue weighted by atomic mass is 19.1. The Kier molecular flexibility index (Phi) is 5.20. The first-order chi connectivity index (χ1) is 13.7. The zero-order chi connectivity index (χ0) is 22.6. The van der Waals surface area contributed by atoms with Gasteiger partial charge in [0.05, 0.1) is 0 Å². The van der Waals surface area contributed by atoms with Crippen LogP contribution < -0.4 is 10.4 Å². The van der Waals surface area contributed by atoms with Gasteiger partial charge in [0.15, 0.2) is 11.6 Å². The number of hydrazine groups is 1. The van der Waals surface area contributed by atoms with Crippen molar-refractivity contribution in [3.63, 3.8) is 0 Å². The minimum Gasteiger partial charge on any atom is -0.442 e. The number of hydrogen-bond acceptors (Lipinski definition) is 4. The van der Waals surface area contributed by atoms with Crippen molar-refractivity contribution in [1.29, 1.82) is 0 Å². The third kappa shape index (κ3) is 3.46. The number of ether oxygens (including phenoxy) is 1. The number of amides is 2. The van der Waals surface area contributed by atoms with Gasteiger partial charge in [-0.3, -0.25) is 15.0 Å². The monoisotopic (exact) mass is 422 g/mol. The van der Waals surface area contributed by atoms with Gasteiger partial charge in [-0.25, -0.2) is 13.6 Å². The van der Waals surface area contributed by atoms with Crippen molar-refractivity contribution in [3.8, 4) is 0 Å². The molecule has 2 aliphatic carbocycles. The van der Waals surface area contributed by atoms with Crippen LogP contribution >= 0.6 is 0 Å². The van der Waals surface area contributed by atoms with E-state index in [0.29, 0.717) is 23.9 Å². The van der Waals surface area contributed by atoms with Crippen molar-refractivity contribution in [2.45, 2.75) is 60.0 Å². The van der Waals surface area contributed by atoms with Crippen LogP contribution in [0.5, 0.6) is 0 Å². The van der Waals surface area contributed by atoms with Crippen molar-refractivity contribution >= 4 is 23.5 Å². The Morgan fingerprint density at radius 2 is 1.83 bits per heavy atom. The van der Waals surface area contributed by atoms with E-state index in [-0.39, 0.29) is 22.8 Å². The molecule has 2 saturated carbocycles. The molecule has 1 N–H and O–H groups in total. The standard InChI is InChI=1S/C22H28F2N2O4/c1-20(2,3)30-19(29)26(15-8-7-12(23)11-14(15)24)25-18(28)16-13-9-10-22(6,17(16)27)21(13,4)5/h7-8,11,13,16H,9-10H2,1-6H3,(H,25,28)/t13-,16?,22+/m0/s1. The van der Waals surface area contributed by atoms with Gasteiger partial charge in [0, 0.05) is 11.5 Å². The van der Waals surface area contributed by atoms with Crippen molar-refractivity contribution in [2.24, 2.45) is 22.7 Å². The summed E-state index contributed by atoms with van der Waals surface area (Å²) in [6.07, 6.45) is 0.378. The van der Waals surface area contributed by atoms with E-state index in [1.165, 1.54) is 0 Å². The lowest BCUT2D eigenvalue weighted by atomic mass is 9.70. The Balaban J connectivity index is 1.93. The summed E-state index contributed by atoms with van der Waals surface area (Å²) in [6.45, 7) is 10.7. The molecule has 164 valence electrons. The van der Waals surface area contributed by atoms with Gasteiger partial charge >= 0.3 is 6.09 Å². The van der Waals surface area contributed by atoms with Gasteiger partial charge in [-0.05, 0) is 57.1 Å². The Bertz CT molecular complexity index is 909. The van der Waals surface area contributed by atoms with Gasteiger partial charge < -0.3 is 4.74 Å². The summed E-state index contributed by atoms with van der Waals surface area (Å²) in [5.41, 5.74) is 0.0690. The average molecular weight is 422 g/mol. The van der Waals surface area contributed by atoms with Crippen LogP contribution in [0.3, 0.4) is 0 Å². The van der Waals surface area contributed by atoms with Gasteiger partial charge in [0.2, 0.25) is 5.91 Å². The quantitative estimate of drug-likeness (QED) is 0.567. The van der Waals surface area contributed by atoms with Gasteiger partial charge in [-0.2, -0.15) is 5.01 Å². The highest BCUT2D eigenvalue weighted by Crippen LogP contribution is 2.65. The fraction of sp³-hybridized carbons (Fsp3) is 0.591. The van der Waals surface area contributed by atoms with E-state index in [1.54, 1.807) is 20.8 Å². The Morgan fingerprint density at radius 1 is 1.20 bits per heavy atom. The van der Waals surface area contributed by atoms with Crippen LogP contribution in [0.15, 0.2) is 18.2 Å². The molecule has 3 rings (SSSR count). The smallest absolute Gasteiger partial charge is 0.434 e. The van der Waals surface area contributed by atoms with E-state index >= 15 is 0 Å². The summed E-state index contributed by atoms with van der Waals surface area (Å²) < 4.78 is 33.1. The molecule has 0 heterocycles. The van der Waals surface area contributed by atoms with Crippen molar-refractivity contribution in [3.05, 3.63) is 29.8 Å². The first-order valence-electron chi connectivity index (χ1n) is 10.0. The second-order valence-electron chi connectivity index (χ2n) is 9.93. The lowest BCUT2D eigenvalue weighted by molar-refractivity contribution is -0.139. The maximum atomic E-state index is 14.4. The summed E-state index contributed by atoms with van der Waals surface area (Å²) in [6, 6.07) is 2.60. The number of ketones is 1. The maximum absolute atomic E-state index is 14.4. The zero-order valence-corrected chi connectivity index (χ0v) is 18.1. The lowest BCUT2D eigenvalue weighted by Gasteiger charge is -2.32. The number of halogens is 2. The summed E-state index contributed by atoms with van der Waals surface area (Å²) in [5, 5.41) is 0.608. The molecule has 30 heavy (non-hydrogen) atoms. The number of hydrogen-bond donors (Lipinski definition) is 1. The molecule has 1 unspecified atom stereocenters. The molecule has 8 heteroatoms. The highest BCUT2D eigenvalue weighted by molar-refractivity contribution is 6.08.